The molecule has 0 aliphatic heterocycles. The van der Waals surface area contributed by atoms with Gasteiger partial charge in [0.1, 0.15) is 17.1 Å². The monoisotopic (exact) mass is 438 g/mol. The van der Waals surface area contributed by atoms with E-state index < -0.39 is 11.7 Å². The van der Waals surface area contributed by atoms with Gasteiger partial charge in [-0.1, -0.05) is 47.6 Å². The van der Waals surface area contributed by atoms with E-state index in [1.54, 1.807) is 6.07 Å². The van der Waals surface area contributed by atoms with E-state index in [4.69, 9.17) is 0 Å². The quantitative estimate of drug-likeness (QED) is 0.253. The van der Waals surface area contributed by atoms with Gasteiger partial charge >= 0.3 is 6.18 Å². The summed E-state index contributed by atoms with van der Waals surface area (Å²) in [6, 6.07) is 6.57. The van der Waals surface area contributed by atoms with Gasteiger partial charge in [-0.15, -0.1) is 10.2 Å². The van der Waals surface area contributed by atoms with Crippen molar-refractivity contribution in [3.05, 3.63) is 47.0 Å². The first-order valence-electron chi connectivity index (χ1n) is 10.2. The van der Waals surface area contributed by atoms with E-state index in [-0.39, 0.29) is 33.6 Å². The molecule has 0 aliphatic rings. The van der Waals surface area contributed by atoms with Crippen LogP contribution in [0, 0.1) is 0 Å². The lowest BCUT2D eigenvalue weighted by Gasteiger charge is -2.30. The number of hydrogen-bond donors (Lipinski definition) is 3. The van der Waals surface area contributed by atoms with Crippen molar-refractivity contribution in [2.24, 2.45) is 10.2 Å². The summed E-state index contributed by atoms with van der Waals surface area (Å²) in [6.45, 7) is 12.4. The summed E-state index contributed by atoms with van der Waals surface area (Å²) in [5, 5.41) is 28.5. The third-order valence-electron chi connectivity index (χ3n) is 6.13. The Balaban J connectivity index is 2.62. The Labute approximate surface area is 181 Å². The molecule has 0 heterocycles. The molecule has 0 fully saturated rings. The van der Waals surface area contributed by atoms with E-state index in [9.17, 15) is 23.5 Å². The van der Waals surface area contributed by atoms with Gasteiger partial charge in [0.05, 0.1) is 5.56 Å². The molecule has 0 atom stereocenters. The standard InChI is InChI=1S/C23H30F3N3O2/c1-7-21(3,4)15-11-16(22(5,6)8-2)20(30)19(13-15)28-27-17-10-9-14(23(24,25)26)12-18(17)29-31/h9-13,29-31H,7-8H2,1-6H3/p+1. The van der Waals surface area contributed by atoms with E-state index in [2.05, 4.69) is 31.0 Å². The summed E-state index contributed by atoms with van der Waals surface area (Å²) < 4.78 is 38.8. The molecule has 2 rings (SSSR count). The first-order valence-corrected chi connectivity index (χ1v) is 10.2. The van der Waals surface area contributed by atoms with E-state index in [0.29, 0.717) is 5.48 Å². The van der Waals surface area contributed by atoms with Crippen molar-refractivity contribution < 1.29 is 29.0 Å². The minimum Gasteiger partial charge on any atom is -0.505 e. The molecule has 2 aromatic rings. The van der Waals surface area contributed by atoms with Crippen LogP contribution in [0.2, 0.25) is 0 Å². The number of benzene rings is 2. The number of nitrogens with two attached hydrogens (primary N) is 1. The summed E-state index contributed by atoms with van der Waals surface area (Å²) in [5.41, 5.74) is 1.09. The minimum atomic E-state index is -4.54. The largest absolute Gasteiger partial charge is 0.505 e. The molecular weight excluding hydrogens is 407 g/mol. The molecule has 0 radical (unpaired) electrons. The molecule has 0 aliphatic carbocycles. The van der Waals surface area contributed by atoms with Crippen molar-refractivity contribution in [3.8, 4) is 5.75 Å². The summed E-state index contributed by atoms with van der Waals surface area (Å²) in [4.78, 5) is 0. The second-order valence-electron chi connectivity index (χ2n) is 8.97. The van der Waals surface area contributed by atoms with E-state index >= 15 is 0 Å². The van der Waals surface area contributed by atoms with Gasteiger partial charge in [-0.25, -0.2) is 5.21 Å². The molecule has 170 valence electrons. The average Bonchev–Trinajstić information content (AvgIpc) is 2.71. The molecule has 5 nitrogen and oxygen atoms in total. The number of halogens is 3. The first-order chi connectivity index (χ1) is 14.3. The summed E-state index contributed by atoms with van der Waals surface area (Å²) in [7, 11) is 0. The van der Waals surface area contributed by atoms with Crippen LogP contribution < -0.4 is 5.48 Å². The lowest BCUT2D eigenvalue weighted by molar-refractivity contribution is -0.825. The van der Waals surface area contributed by atoms with E-state index in [1.807, 2.05) is 26.8 Å². The molecule has 0 spiro atoms. The number of alkyl halides is 3. The van der Waals surface area contributed by atoms with Crippen LogP contribution in [-0.4, -0.2) is 10.3 Å². The maximum absolute atomic E-state index is 12.9. The van der Waals surface area contributed by atoms with E-state index in [0.717, 1.165) is 42.2 Å². The second kappa shape index (κ2) is 8.96. The zero-order chi connectivity index (χ0) is 23.6. The average molecular weight is 439 g/mol. The third-order valence-corrected chi connectivity index (χ3v) is 6.13. The highest BCUT2D eigenvalue weighted by molar-refractivity contribution is 5.62. The van der Waals surface area contributed by atoms with Crippen LogP contribution in [-0.2, 0) is 17.0 Å². The normalized spacial score (nSPS) is 13.2. The van der Waals surface area contributed by atoms with Crippen molar-refractivity contribution in [1.29, 1.82) is 0 Å². The Hall–Kier alpha value is -2.45. The van der Waals surface area contributed by atoms with Crippen LogP contribution in [0.25, 0.3) is 0 Å². The first kappa shape index (κ1) is 24.8. The summed E-state index contributed by atoms with van der Waals surface area (Å²) >= 11 is 0. The smallest absolute Gasteiger partial charge is 0.416 e. The molecule has 31 heavy (non-hydrogen) atoms. The van der Waals surface area contributed by atoms with Gasteiger partial charge in [-0.05, 0) is 47.4 Å². The minimum absolute atomic E-state index is 0.00677. The summed E-state index contributed by atoms with van der Waals surface area (Å²) in [6.07, 6.45) is -2.88. The Morgan fingerprint density at radius 2 is 1.42 bits per heavy atom. The van der Waals surface area contributed by atoms with Crippen LogP contribution in [0.3, 0.4) is 0 Å². The van der Waals surface area contributed by atoms with Gasteiger partial charge < -0.3 is 5.11 Å². The Morgan fingerprint density at radius 3 is 1.94 bits per heavy atom. The molecule has 0 unspecified atom stereocenters. The van der Waals surface area contributed by atoms with Gasteiger partial charge in [-0.2, -0.15) is 18.7 Å². The Morgan fingerprint density at radius 1 is 0.839 bits per heavy atom. The lowest BCUT2D eigenvalue weighted by atomic mass is 9.76. The zero-order valence-electron chi connectivity index (χ0n) is 18.8. The van der Waals surface area contributed by atoms with Gasteiger partial charge in [0.25, 0.3) is 0 Å². The van der Waals surface area contributed by atoms with E-state index in [1.165, 1.54) is 0 Å². The predicted molar refractivity (Wildman–Crippen MR) is 114 cm³/mol. The molecule has 0 amide bonds. The fourth-order valence-electron chi connectivity index (χ4n) is 3.03. The van der Waals surface area contributed by atoms with Crippen molar-refractivity contribution in [3.63, 3.8) is 0 Å². The summed E-state index contributed by atoms with van der Waals surface area (Å²) in [5.74, 6) is -0.00677. The van der Waals surface area contributed by atoms with Crippen LogP contribution in [0.4, 0.5) is 30.2 Å². The van der Waals surface area contributed by atoms with Gasteiger partial charge in [0, 0.05) is 11.6 Å². The Kier molecular flexibility index (Phi) is 7.17. The predicted octanol–water partition coefficient (Wildman–Crippen LogP) is 6.79. The SMILES string of the molecule is CCC(C)(C)c1cc(N=Nc2ccc(C(F)(F)F)cc2[NH2+]O)c(O)c(C(C)(C)CC)c1. The van der Waals surface area contributed by atoms with Crippen molar-refractivity contribution in [2.75, 3.05) is 0 Å². The second-order valence-corrected chi connectivity index (χ2v) is 8.97. The molecule has 2 aromatic carbocycles. The molecule has 0 aromatic heterocycles. The van der Waals surface area contributed by atoms with Crippen molar-refractivity contribution in [2.45, 2.75) is 71.4 Å². The third kappa shape index (κ3) is 5.43. The Bertz CT molecular complexity index is 967. The van der Waals surface area contributed by atoms with Gasteiger partial charge in [-0.3, -0.25) is 0 Å². The maximum Gasteiger partial charge on any atom is 0.416 e. The number of quaternary nitrogens is 1. The molecule has 8 heteroatoms. The van der Waals surface area contributed by atoms with Gasteiger partial charge in [0.15, 0.2) is 5.69 Å². The highest BCUT2D eigenvalue weighted by Crippen LogP contribution is 2.44. The molecule has 4 N–H and O–H groups in total. The van der Waals surface area contributed by atoms with Crippen LogP contribution in [0.1, 0.15) is 71.1 Å². The maximum atomic E-state index is 12.9. The number of rotatable bonds is 7. The number of nitrogens with zero attached hydrogens (tertiary/aromatic N) is 2. The van der Waals surface area contributed by atoms with Crippen molar-refractivity contribution >= 4 is 17.1 Å². The highest BCUT2D eigenvalue weighted by Gasteiger charge is 2.32. The number of phenolic OH excluding ortho intramolecular Hbond substituents is 1. The molecule has 0 saturated heterocycles. The fourth-order valence-corrected chi connectivity index (χ4v) is 3.03. The van der Waals surface area contributed by atoms with Crippen molar-refractivity contribution in [1.82, 2.24) is 0 Å². The fraction of sp³-hybridized carbons (Fsp3) is 0.478. The number of azo groups is 1. The number of hydrogen-bond acceptors (Lipinski definition) is 4. The van der Waals surface area contributed by atoms with Crippen LogP contribution in [0.5, 0.6) is 5.75 Å². The molecular formula is C23H31F3N3O2+. The lowest BCUT2D eigenvalue weighted by Crippen LogP contribution is -2.73. The zero-order valence-corrected chi connectivity index (χ0v) is 18.8. The van der Waals surface area contributed by atoms with Crippen LogP contribution in [0.15, 0.2) is 40.6 Å². The highest BCUT2D eigenvalue weighted by atomic mass is 19.4. The number of aromatic hydroxyl groups is 1. The van der Waals surface area contributed by atoms with Gasteiger partial charge in [0.2, 0.25) is 0 Å². The van der Waals surface area contributed by atoms with Crippen LogP contribution >= 0.6 is 0 Å². The number of phenols is 1. The molecule has 0 saturated carbocycles. The topological polar surface area (TPSA) is 81.8 Å². The molecule has 0 bridgehead atoms.